The Morgan fingerprint density at radius 3 is 0.971 bits per heavy atom. The molecule has 1 atom stereocenters. The minimum absolute atomic E-state index is 0.0772. The van der Waals surface area contributed by atoms with Gasteiger partial charge < -0.3 is 14.2 Å². The van der Waals surface area contributed by atoms with Crippen LogP contribution in [0.25, 0.3) is 0 Å². The van der Waals surface area contributed by atoms with Crippen molar-refractivity contribution in [2.75, 3.05) is 13.2 Å². The van der Waals surface area contributed by atoms with Crippen LogP contribution in [0, 0.1) is 0 Å². The Balaban J connectivity index is 3.87. The van der Waals surface area contributed by atoms with Crippen LogP contribution in [-0.2, 0) is 28.6 Å². The molecule has 1 unspecified atom stereocenters. The highest BCUT2D eigenvalue weighted by atomic mass is 16.6. The Bertz CT molecular complexity index is 1320. The largest absolute Gasteiger partial charge is 0.462 e. The first kappa shape index (κ1) is 64.6. The smallest absolute Gasteiger partial charge is 0.306 e. The molecule has 0 fully saturated rings. The predicted molar refractivity (Wildman–Crippen MR) is 293 cm³/mol. The molecule has 0 rings (SSSR count). The summed E-state index contributed by atoms with van der Waals surface area (Å²) in [6.45, 7) is 6.37. The van der Waals surface area contributed by atoms with Crippen molar-refractivity contribution in [2.45, 2.75) is 277 Å². The number of rotatable bonds is 51. The van der Waals surface area contributed by atoms with E-state index in [9.17, 15) is 14.4 Å². The molecular formula is C62H106O6. The molecule has 6 nitrogen and oxygen atoms in total. The number of unbranched alkanes of at least 4 members (excludes halogenated alkanes) is 26. The van der Waals surface area contributed by atoms with Crippen molar-refractivity contribution in [1.82, 2.24) is 0 Å². The van der Waals surface area contributed by atoms with E-state index in [-0.39, 0.29) is 31.1 Å². The fourth-order valence-electron chi connectivity index (χ4n) is 7.86. The lowest BCUT2D eigenvalue weighted by Gasteiger charge is -2.18. The summed E-state index contributed by atoms with van der Waals surface area (Å²) in [5.74, 6) is -0.900. The third-order valence-electron chi connectivity index (χ3n) is 12.1. The fraction of sp³-hybridized carbons (Fsp3) is 0.726. The summed E-state index contributed by atoms with van der Waals surface area (Å²) in [4.78, 5) is 37.6. The molecule has 68 heavy (non-hydrogen) atoms. The van der Waals surface area contributed by atoms with Gasteiger partial charge in [0, 0.05) is 19.3 Å². The van der Waals surface area contributed by atoms with Gasteiger partial charge in [0.1, 0.15) is 13.2 Å². The number of carbonyl (C=O) groups excluding carboxylic acids is 3. The molecule has 0 aliphatic heterocycles. The fourth-order valence-corrected chi connectivity index (χ4v) is 7.86. The molecule has 0 N–H and O–H groups in total. The van der Waals surface area contributed by atoms with Gasteiger partial charge in [0.15, 0.2) is 6.10 Å². The van der Waals surface area contributed by atoms with Crippen molar-refractivity contribution >= 4 is 17.9 Å². The van der Waals surface area contributed by atoms with Crippen LogP contribution < -0.4 is 0 Å². The van der Waals surface area contributed by atoms with E-state index >= 15 is 0 Å². The molecule has 0 bridgehead atoms. The van der Waals surface area contributed by atoms with E-state index in [0.29, 0.717) is 19.3 Å². The standard InChI is InChI=1S/C62H106O6/c1-4-7-10-13-15-17-19-20-21-22-23-24-25-26-27-28-29-30-31-32-33-34-35-36-37-38-39-40-41-42-43-45-46-49-52-55-61(64)67-58-59(57-66-60(63)54-51-48-12-9-6-3)68-62(65)56-53-50-47-44-18-16-14-11-8-5-2/h7,10-11,14-15,17,20-21,23-24,26-27,29-30,59H,4-6,8-9,12-13,16,18-19,22,25,28,31-58H2,1-3H3/b10-7-,14-11-,17-15-,21-20-,24-23-,27-26-,30-29-. The molecule has 0 spiro atoms. The second-order valence-electron chi connectivity index (χ2n) is 18.8. The van der Waals surface area contributed by atoms with Gasteiger partial charge in [0.25, 0.3) is 0 Å². The van der Waals surface area contributed by atoms with E-state index < -0.39 is 6.10 Å². The van der Waals surface area contributed by atoms with E-state index in [1.54, 1.807) is 0 Å². The zero-order valence-corrected chi connectivity index (χ0v) is 44.6. The van der Waals surface area contributed by atoms with Crippen LogP contribution in [-0.4, -0.2) is 37.2 Å². The van der Waals surface area contributed by atoms with Crippen molar-refractivity contribution in [3.63, 3.8) is 0 Å². The Hall–Kier alpha value is -3.41. The number of hydrogen-bond donors (Lipinski definition) is 0. The van der Waals surface area contributed by atoms with Crippen molar-refractivity contribution in [2.24, 2.45) is 0 Å². The molecule has 0 aliphatic rings. The van der Waals surface area contributed by atoms with E-state index in [2.05, 4.69) is 106 Å². The molecule has 0 saturated heterocycles. The van der Waals surface area contributed by atoms with Crippen LogP contribution in [0.2, 0.25) is 0 Å². The zero-order chi connectivity index (χ0) is 49.3. The highest BCUT2D eigenvalue weighted by Crippen LogP contribution is 2.16. The van der Waals surface area contributed by atoms with E-state index in [0.717, 1.165) is 122 Å². The van der Waals surface area contributed by atoms with Gasteiger partial charge in [-0.3, -0.25) is 14.4 Å². The van der Waals surface area contributed by atoms with E-state index in [4.69, 9.17) is 14.2 Å². The Labute approximate surface area is 420 Å². The first-order valence-electron chi connectivity index (χ1n) is 28.6. The van der Waals surface area contributed by atoms with Gasteiger partial charge in [-0.1, -0.05) is 247 Å². The lowest BCUT2D eigenvalue weighted by molar-refractivity contribution is -0.167. The Kier molecular flexibility index (Phi) is 53.4. The molecule has 0 radical (unpaired) electrons. The zero-order valence-electron chi connectivity index (χ0n) is 44.6. The normalized spacial score (nSPS) is 12.7. The third kappa shape index (κ3) is 53.5. The van der Waals surface area contributed by atoms with Crippen LogP contribution in [0.4, 0.5) is 0 Å². The van der Waals surface area contributed by atoms with Gasteiger partial charge in [-0.15, -0.1) is 0 Å². The Morgan fingerprint density at radius 1 is 0.309 bits per heavy atom. The number of allylic oxidation sites excluding steroid dienone is 14. The lowest BCUT2D eigenvalue weighted by atomic mass is 10.0. The summed E-state index contributed by atoms with van der Waals surface area (Å²) < 4.78 is 16.6. The maximum absolute atomic E-state index is 12.7. The summed E-state index contributed by atoms with van der Waals surface area (Å²) in [6.07, 6.45) is 73.6. The molecule has 0 saturated carbocycles. The topological polar surface area (TPSA) is 78.9 Å². The summed E-state index contributed by atoms with van der Waals surface area (Å²) in [5, 5.41) is 0. The van der Waals surface area contributed by atoms with Crippen molar-refractivity contribution in [3.8, 4) is 0 Å². The highest BCUT2D eigenvalue weighted by molar-refractivity contribution is 5.71. The molecule has 0 amide bonds. The quantitative estimate of drug-likeness (QED) is 0.0262. The van der Waals surface area contributed by atoms with Crippen molar-refractivity contribution in [3.05, 3.63) is 85.1 Å². The predicted octanol–water partition coefficient (Wildman–Crippen LogP) is 19.2. The van der Waals surface area contributed by atoms with Gasteiger partial charge in [-0.05, 0) is 89.9 Å². The van der Waals surface area contributed by atoms with Gasteiger partial charge in [-0.2, -0.15) is 0 Å². The van der Waals surface area contributed by atoms with Crippen LogP contribution in [0.5, 0.6) is 0 Å². The molecule has 0 aromatic rings. The van der Waals surface area contributed by atoms with Crippen LogP contribution >= 0.6 is 0 Å². The molecule has 6 heteroatoms. The first-order valence-corrected chi connectivity index (χ1v) is 28.6. The summed E-state index contributed by atoms with van der Waals surface area (Å²) in [6, 6.07) is 0. The molecule has 0 aromatic carbocycles. The SMILES string of the molecule is CC/C=C\C/C=C\C/C=C\C/C=C\C/C=C\C/C=C\CCCCCCCCCCCCCCCCCCC(=O)OCC(COC(=O)CCCCCCC)OC(=O)CCCCCCC/C=C\CCC. The number of ether oxygens (including phenoxy) is 3. The summed E-state index contributed by atoms with van der Waals surface area (Å²) in [5.41, 5.74) is 0. The van der Waals surface area contributed by atoms with Crippen LogP contribution in [0.15, 0.2) is 85.1 Å². The number of carbonyl (C=O) groups is 3. The van der Waals surface area contributed by atoms with Gasteiger partial charge in [0.05, 0.1) is 0 Å². The summed E-state index contributed by atoms with van der Waals surface area (Å²) >= 11 is 0. The number of hydrogen-bond acceptors (Lipinski definition) is 6. The van der Waals surface area contributed by atoms with Gasteiger partial charge in [0.2, 0.25) is 0 Å². The lowest BCUT2D eigenvalue weighted by Crippen LogP contribution is -2.30. The monoisotopic (exact) mass is 947 g/mol. The molecule has 0 heterocycles. The highest BCUT2D eigenvalue weighted by Gasteiger charge is 2.19. The van der Waals surface area contributed by atoms with Gasteiger partial charge in [-0.25, -0.2) is 0 Å². The minimum atomic E-state index is -0.772. The average Bonchev–Trinajstić information content (AvgIpc) is 3.34. The van der Waals surface area contributed by atoms with Gasteiger partial charge >= 0.3 is 17.9 Å². The second-order valence-corrected chi connectivity index (χ2v) is 18.8. The maximum Gasteiger partial charge on any atom is 0.306 e. The summed E-state index contributed by atoms with van der Waals surface area (Å²) in [7, 11) is 0. The average molecular weight is 948 g/mol. The first-order chi connectivity index (χ1) is 33.5. The molecular weight excluding hydrogens is 841 g/mol. The Morgan fingerprint density at radius 2 is 0.603 bits per heavy atom. The molecule has 390 valence electrons. The molecule has 0 aromatic heterocycles. The third-order valence-corrected chi connectivity index (χ3v) is 12.1. The van der Waals surface area contributed by atoms with Crippen molar-refractivity contribution < 1.29 is 28.6 Å². The maximum atomic E-state index is 12.7. The van der Waals surface area contributed by atoms with Crippen molar-refractivity contribution in [1.29, 1.82) is 0 Å². The second kappa shape index (κ2) is 56.2. The minimum Gasteiger partial charge on any atom is -0.462 e. The number of esters is 3. The van der Waals surface area contributed by atoms with Crippen LogP contribution in [0.1, 0.15) is 271 Å². The van der Waals surface area contributed by atoms with E-state index in [1.807, 2.05) is 0 Å². The van der Waals surface area contributed by atoms with Crippen LogP contribution in [0.3, 0.4) is 0 Å². The van der Waals surface area contributed by atoms with E-state index in [1.165, 1.54) is 109 Å². The molecule has 0 aliphatic carbocycles.